The fraction of sp³-hybridized carbons (Fsp3) is 0.500. The number of benzene rings is 1. The summed E-state index contributed by atoms with van der Waals surface area (Å²) in [5.41, 5.74) is 1.02. The van der Waals surface area contributed by atoms with Crippen LogP contribution in [0.2, 0.25) is 0 Å². The number of hydrogen-bond donors (Lipinski definition) is 2. The van der Waals surface area contributed by atoms with E-state index in [-0.39, 0.29) is 37.6 Å². The van der Waals surface area contributed by atoms with Gasteiger partial charge < -0.3 is 15.4 Å². The van der Waals surface area contributed by atoms with Crippen molar-refractivity contribution in [3.8, 4) is 0 Å². The molecule has 1 aromatic rings. The largest absolute Gasteiger partial charge is 0.452 e. The summed E-state index contributed by atoms with van der Waals surface area (Å²) in [4.78, 5) is 48.4. The second kappa shape index (κ2) is 8.86. The maximum Gasteiger partial charge on any atom is 0.338 e. The minimum Gasteiger partial charge on any atom is -0.452 e. The molecular weight excluding hydrogens is 362 g/mol. The first-order valence-electron chi connectivity index (χ1n) is 9.56. The molecular formula is C20H25N3O5. The highest BCUT2D eigenvalue weighted by atomic mass is 16.5. The van der Waals surface area contributed by atoms with Gasteiger partial charge in [0.1, 0.15) is 0 Å². The van der Waals surface area contributed by atoms with Crippen molar-refractivity contribution >= 4 is 23.8 Å². The van der Waals surface area contributed by atoms with Gasteiger partial charge in [0, 0.05) is 6.04 Å². The van der Waals surface area contributed by atoms with Gasteiger partial charge in [0.2, 0.25) is 5.91 Å². The summed E-state index contributed by atoms with van der Waals surface area (Å²) in [5.74, 6) is -0.462. The molecule has 8 heteroatoms. The number of carbonyl (C=O) groups excluding carboxylic acids is 4. The van der Waals surface area contributed by atoms with Crippen molar-refractivity contribution in [3.05, 3.63) is 35.4 Å². The number of esters is 1. The molecule has 150 valence electrons. The first-order chi connectivity index (χ1) is 13.4. The number of amides is 4. The minimum atomic E-state index is -0.589. The van der Waals surface area contributed by atoms with Gasteiger partial charge in [0.05, 0.1) is 18.7 Å². The maximum absolute atomic E-state index is 12.1. The Hall–Kier alpha value is -2.90. The molecule has 1 saturated carbocycles. The first-order valence-corrected chi connectivity index (χ1v) is 9.56. The van der Waals surface area contributed by atoms with E-state index in [1.807, 2.05) is 0 Å². The van der Waals surface area contributed by atoms with E-state index in [2.05, 4.69) is 17.6 Å². The van der Waals surface area contributed by atoms with E-state index in [9.17, 15) is 19.2 Å². The van der Waals surface area contributed by atoms with Crippen LogP contribution in [0.5, 0.6) is 0 Å². The monoisotopic (exact) mass is 387 g/mol. The van der Waals surface area contributed by atoms with Crippen LogP contribution in [-0.2, 0) is 20.9 Å². The normalized spacial score (nSPS) is 22.0. The van der Waals surface area contributed by atoms with E-state index in [4.69, 9.17) is 4.74 Å². The number of rotatable bonds is 6. The quantitative estimate of drug-likeness (QED) is 0.570. The van der Waals surface area contributed by atoms with Crippen LogP contribution in [0, 0.1) is 5.92 Å². The number of imide groups is 1. The lowest BCUT2D eigenvalue weighted by Crippen LogP contribution is -2.39. The number of nitrogens with zero attached hydrogens (tertiary/aromatic N) is 1. The smallest absolute Gasteiger partial charge is 0.338 e. The molecule has 2 aliphatic rings. The van der Waals surface area contributed by atoms with Gasteiger partial charge in [-0.1, -0.05) is 19.1 Å². The zero-order chi connectivity index (χ0) is 20.1. The van der Waals surface area contributed by atoms with Crippen molar-refractivity contribution in [2.24, 2.45) is 5.92 Å². The van der Waals surface area contributed by atoms with E-state index >= 15 is 0 Å². The lowest BCUT2D eigenvalue weighted by atomic mass is 9.87. The molecule has 0 spiro atoms. The van der Waals surface area contributed by atoms with Crippen LogP contribution >= 0.6 is 0 Å². The molecule has 0 bridgehead atoms. The van der Waals surface area contributed by atoms with Crippen LogP contribution in [0.25, 0.3) is 0 Å². The van der Waals surface area contributed by atoms with Crippen molar-refractivity contribution in [2.75, 3.05) is 13.2 Å². The minimum absolute atomic E-state index is 0.00515. The average Bonchev–Trinajstić information content (AvgIpc) is 3.00. The third-order valence-electron chi connectivity index (χ3n) is 5.18. The van der Waals surface area contributed by atoms with Gasteiger partial charge in [0.15, 0.2) is 6.61 Å². The third-order valence-corrected chi connectivity index (χ3v) is 5.18. The Kier molecular flexibility index (Phi) is 6.28. The number of hydrogen-bond acceptors (Lipinski definition) is 5. The Morgan fingerprint density at radius 1 is 1.14 bits per heavy atom. The topological polar surface area (TPSA) is 105 Å². The van der Waals surface area contributed by atoms with Crippen LogP contribution in [0.4, 0.5) is 4.79 Å². The Labute approximate surface area is 163 Å². The van der Waals surface area contributed by atoms with Crippen LogP contribution < -0.4 is 10.6 Å². The standard InChI is InChI=1S/C20H25N3O5/c1-13-2-8-16(9-3-13)22-17(24)12-28-19(26)15-6-4-14(5-7-15)11-23-18(25)10-21-20(23)27/h4-7,13,16H,2-3,8-12H2,1H3,(H,21,27)(H,22,24). The van der Waals surface area contributed by atoms with Gasteiger partial charge in [0.25, 0.3) is 5.91 Å². The predicted molar refractivity (Wildman–Crippen MR) is 100 cm³/mol. The summed E-state index contributed by atoms with van der Waals surface area (Å²) in [5, 5.41) is 5.37. The molecule has 4 amide bonds. The highest BCUT2D eigenvalue weighted by Gasteiger charge is 2.28. The zero-order valence-corrected chi connectivity index (χ0v) is 15.9. The number of nitrogens with one attached hydrogen (secondary N) is 2. The fourth-order valence-electron chi connectivity index (χ4n) is 3.43. The molecule has 0 atom stereocenters. The van der Waals surface area contributed by atoms with Crippen LogP contribution in [0.1, 0.15) is 48.5 Å². The molecule has 2 N–H and O–H groups in total. The number of ether oxygens (including phenoxy) is 1. The Morgan fingerprint density at radius 2 is 1.82 bits per heavy atom. The second-order valence-electron chi connectivity index (χ2n) is 7.44. The van der Waals surface area contributed by atoms with Crippen LogP contribution in [-0.4, -0.2) is 47.9 Å². The highest BCUT2D eigenvalue weighted by molar-refractivity contribution is 6.01. The lowest BCUT2D eigenvalue weighted by Gasteiger charge is -2.26. The van der Waals surface area contributed by atoms with Gasteiger partial charge in [-0.2, -0.15) is 0 Å². The first kappa shape index (κ1) is 19.9. The summed E-state index contributed by atoms with van der Waals surface area (Å²) >= 11 is 0. The van der Waals surface area contributed by atoms with E-state index in [1.165, 1.54) is 0 Å². The molecule has 1 aliphatic heterocycles. The van der Waals surface area contributed by atoms with Gasteiger partial charge >= 0.3 is 12.0 Å². The zero-order valence-electron chi connectivity index (χ0n) is 15.9. The number of urea groups is 1. The molecule has 0 aromatic heterocycles. The molecule has 2 fully saturated rings. The summed E-state index contributed by atoms with van der Waals surface area (Å²) in [6.07, 6.45) is 4.11. The average molecular weight is 387 g/mol. The van der Waals surface area contributed by atoms with E-state index < -0.39 is 12.0 Å². The molecule has 1 aromatic carbocycles. The van der Waals surface area contributed by atoms with Crippen LogP contribution in [0.3, 0.4) is 0 Å². The Balaban J connectivity index is 1.44. The van der Waals surface area contributed by atoms with E-state index in [1.54, 1.807) is 24.3 Å². The molecule has 1 aliphatic carbocycles. The van der Waals surface area contributed by atoms with E-state index in [0.717, 1.165) is 30.6 Å². The SMILES string of the molecule is CC1CCC(NC(=O)COC(=O)c2ccc(CN3C(=O)CNC3=O)cc2)CC1. The van der Waals surface area contributed by atoms with Crippen molar-refractivity contribution < 1.29 is 23.9 Å². The van der Waals surface area contributed by atoms with Gasteiger partial charge in [-0.05, 0) is 49.3 Å². The molecule has 1 saturated heterocycles. The molecule has 8 nitrogen and oxygen atoms in total. The van der Waals surface area contributed by atoms with Crippen molar-refractivity contribution in [3.63, 3.8) is 0 Å². The number of carbonyl (C=O) groups is 4. The summed E-state index contributed by atoms with van der Waals surface area (Å²) in [7, 11) is 0. The molecule has 0 radical (unpaired) electrons. The Morgan fingerprint density at radius 3 is 2.43 bits per heavy atom. The third kappa shape index (κ3) is 5.09. The molecule has 3 rings (SSSR count). The van der Waals surface area contributed by atoms with Crippen molar-refractivity contribution in [2.45, 2.75) is 45.2 Å². The lowest BCUT2D eigenvalue weighted by molar-refractivity contribution is -0.126. The fourth-order valence-corrected chi connectivity index (χ4v) is 3.43. The molecule has 1 heterocycles. The molecule has 0 unspecified atom stereocenters. The molecule has 28 heavy (non-hydrogen) atoms. The van der Waals surface area contributed by atoms with Crippen molar-refractivity contribution in [1.29, 1.82) is 0 Å². The van der Waals surface area contributed by atoms with Crippen molar-refractivity contribution in [1.82, 2.24) is 15.5 Å². The summed E-state index contributed by atoms with van der Waals surface area (Å²) in [6, 6.07) is 6.14. The predicted octanol–water partition coefficient (Wildman–Crippen LogP) is 1.59. The second-order valence-corrected chi connectivity index (χ2v) is 7.44. The van der Waals surface area contributed by atoms with Crippen LogP contribution in [0.15, 0.2) is 24.3 Å². The Bertz CT molecular complexity index is 738. The van der Waals surface area contributed by atoms with Gasteiger partial charge in [-0.25, -0.2) is 9.59 Å². The van der Waals surface area contributed by atoms with Gasteiger partial charge in [-0.3, -0.25) is 14.5 Å². The summed E-state index contributed by atoms with van der Waals surface area (Å²) in [6.45, 7) is 2.05. The maximum atomic E-state index is 12.1. The summed E-state index contributed by atoms with van der Waals surface area (Å²) < 4.78 is 5.08. The van der Waals surface area contributed by atoms with E-state index in [0.29, 0.717) is 17.0 Å². The highest BCUT2D eigenvalue weighted by Crippen LogP contribution is 2.23. The van der Waals surface area contributed by atoms with Gasteiger partial charge in [-0.15, -0.1) is 0 Å².